The Morgan fingerprint density at radius 2 is 1.79 bits per heavy atom. The maximum Gasteiger partial charge on any atom is 0.267 e. The minimum absolute atomic E-state index is 0.243. The molecule has 0 spiro atoms. The molecule has 2 aromatic carbocycles. The minimum atomic E-state index is -0.908. The number of nitrogens with zero attached hydrogens (tertiary/aromatic N) is 2. The van der Waals surface area contributed by atoms with Crippen LogP contribution in [-0.2, 0) is 9.59 Å². The van der Waals surface area contributed by atoms with Gasteiger partial charge >= 0.3 is 0 Å². The summed E-state index contributed by atoms with van der Waals surface area (Å²) in [5.74, 6) is 0.435. The summed E-state index contributed by atoms with van der Waals surface area (Å²) in [5.41, 5.74) is 1.77. The van der Waals surface area contributed by atoms with Crippen LogP contribution in [0.25, 0.3) is 11.3 Å². The van der Waals surface area contributed by atoms with Gasteiger partial charge in [0.15, 0.2) is 0 Å². The van der Waals surface area contributed by atoms with Gasteiger partial charge in [0.05, 0.1) is 25.1 Å². The maximum atomic E-state index is 13.0. The van der Waals surface area contributed by atoms with E-state index in [0.717, 1.165) is 16.0 Å². The zero-order valence-corrected chi connectivity index (χ0v) is 18.9. The summed E-state index contributed by atoms with van der Waals surface area (Å²) in [6.07, 6.45) is 0. The number of nitrogens with one attached hydrogen (secondary N) is 2. The van der Waals surface area contributed by atoms with Crippen LogP contribution < -0.4 is 25.7 Å². The largest absolute Gasteiger partial charge is 0.495 e. The fourth-order valence-electron chi connectivity index (χ4n) is 3.18. The van der Waals surface area contributed by atoms with Crippen molar-refractivity contribution in [2.75, 3.05) is 24.4 Å². The lowest BCUT2D eigenvalue weighted by molar-refractivity contribution is -0.119. The Labute approximate surface area is 191 Å². The van der Waals surface area contributed by atoms with E-state index in [9.17, 15) is 14.4 Å². The molecule has 1 atom stereocenters. The van der Waals surface area contributed by atoms with Gasteiger partial charge in [-0.1, -0.05) is 0 Å². The lowest BCUT2D eigenvalue weighted by atomic mass is 10.1. The van der Waals surface area contributed by atoms with Crippen LogP contribution in [0, 0.1) is 0 Å². The Balaban J connectivity index is 1.85. The second-order valence-corrected chi connectivity index (χ2v) is 7.22. The molecule has 2 N–H and O–H groups in total. The third kappa shape index (κ3) is 5.76. The van der Waals surface area contributed by atoms with Gasteiger partial charge in [-0.05, 0) is 62.4 Å². The first-order valence-electron chi connectivity index (χ1n) is 10.4. The number of methoxy groups -OCH3 is 1. The molecule has 0 fully saturated rings. The third-order valence-corrected chi connectivity index (χ3v) is 4.81. The van der Waals surface area contributed by atoms with Crippen molar-refractivity contribution in [2.45, 2.75) is 26.8 Å². The molecule has 1 heterocycles. The Morgan fingerprint density at radius 1 is 1.06 bits per heavy atom. The molecule has 0 aliphatic heterocycles. The van der Waals surface area contributed by atoms with E-state index >= 15 is 0 Å². The topological polar surface area (TPSA) is 112 Å². The van der Waals surface area contributed by atoms with E-state index in [1.165, 1.54) is 20.1 Å². The normalized spacial score (nSPS) is 11.4. The number of benzene rings is 2. The van der Waals surface area contributed by atoms with Gasteiger partial charge in [0.2, 0.25) is 11.8 Å². The quantitative estimate of drug-likeness (QED) is 0.544. The average Bonchev–Trinajstić information content (AvgIpc) is 2.79. The van der Waals surface area contributed by atoms with Crippen LogP contribution in [0.4, 0.5) is 11.4 Å². The van der Waals surface area contributed by atoms with Crippen molar-refractivity contribution in [1.29, 1.82) is 0 Å². The molecule has 0 saturated heterocycles. The number of carbonyl (C=O) groups excluding carboxylic acids is 2. The highest BCUT2D eigenvalue weighted by Gasteiger charge is 2.20. The van der Waals surface area contributed by atoms with E-state index in [1.54, 1.807) is 31.2 Å². The van der Waals surface area contributed by atoms with E-state index in [-0.39, 0.29) is 5.91 Å². The average molecular weight is 450 g/mol. The van der Waals surface area contributed by atoms with E-state index in [1.807, 2.05) is 31.2 Å². The molecule has 0 bridgehead atoms. The van der Waals surface area contributed by atoms with Crippen LogP contribution in [0.5, 0.6) is 11.5 Å². The van der Waals surface area contributed by atoms with Crippen molar-refractivity contribution in [2.24, 2.45) is 0 Å². The van der Waals surface area contributed by atoms with Gasteiger partial charge in [-0.3, -0.25) is 14.4 Å². The first-order valence-corrected chi connectivity index (χ1v) is 10.4. The minimum Gasteiger partial charge on any atom is -0.495 e. The molecule has 3 rings (SSSR count). The van der Waals surface area contributed by atoms with Crippen molar-refractivity contribution in [3.8, 4) is 22.8 Å². The fourth-order valence-corrected chi connectivity index (χ4v) is 3.18. The van der Waals surface area contributed by atoms with E-state index < -0.39 is 17.5 Å². The van der Waals surface area contributed by atoms with Crippen molar-refractivity contribution in [3.63, 3.8) is 0 Å². The summed E-state index contributed by atoms with van der Waals surface area (Å²) in [6, 6.07) is 14.3. The molecular weight excluding hydrogens is 424 g/mol. The summed E-state index contributed by atoms with van der Waals surface area (Å²) < 4.78 is 11.9. The number of amides is 2. The second kappa shape index (κ2) is 10.4. The number of hydrogen-bond acceptors (Lipinski definition) is 6. The second-order valence-electron chi connectivity index (χ2n) is 7.22. The van der Waals surface area contributed by atoms with Gasteiger partial charge in [-0.25, -0.2) is 4.68 Å². The van der Waals surface area contributed by atoms with Crippen LogP contribution in [0.2, 0.25) is 0 Å². The Hall–Kier alpha value is -4.14. The molecule has 0 aliphatic rings. The van der Waals surface area contributed by atoms with Gasteiger partial charge in [-0.15, -0.1) is 0 Å². The van der Waals surface area contributed by atoms with Crippen molar-refractivity contribution >= 4 is 23.2 Å². The molecule has 1 aromatic heterocycles. The van der Waals surface area contributed by atoms with Crippen LogP contribution >= 0.6 is 0 Å². The van der Waals surface area contributed by atoms with E-state index in [4.69, 9.17) is 9.47 Å². The standard InChI is InChI=1S/C24H26N4O5/c1-5-33-19-9-6-17(7-10-19)20-11-13-23(30)28(27-20)15(2)24(31)26-21-14-18(25-16(3)29)8-12-22(21)32-4/h6-15H,5H2,1-4H3,(H,25,29)(H,26,31). The predicted octanol–water partition coefficient (Wildman–Crippen LogP) is 3.48. The number of anilines is 2. The van der Waals surface area contributed by atoms with Crippen LogP contribution in [0.15, 0.2) is 59.4 Å². The van der Waals surface area contributed by atoms with Gasteiger partial charge in [0, 0.05) is 24.2 Å². The number of rotatable bonds is 8. The van der Waals surface area contributed by atoms with Gasteiger partial charge in [0.25, 0.3) is 5.56 Å². The maximum absolute atomic E-state index is 13.0. The molecule has 1 unspecified atom stereocenters. The monoisotopic (exact) mass is 450 g/mol. The van der Waals surface area contributed by atoms with Gasteiger partial charge in [-0.2, -0.15) is 5.10 Å². The molecule has 0 saturated carbocycles. The zero-order valence-electron chi connectivity index (χ0n) is 18.9. The van der Waals surface area contributed by atoms with Crippen LogP contribution in [0.3, 0.4) is 0 Å². The van der Waals surface area contributed by atoms with Crippen molar-refractivity contribution < 1.29 is 19.1 Å². The highest BCUT2D eigenvalue weighted by molar-refractivity contribution is 5.96. The Morgan fingerprint density at radius 3 is 2.42 bits per heavy atom. The lowest BCUT2D eigenvalue weighted by Crippen LogP contribution is -2.33. The molecule has 2 amide bonds. The number of hydrogen-bond donors (Lipinski definition) is 2. The molecule has 9 nitrogen and oxygen atoms in total. The highest BCUT2D eigenvalue weighted by atomic mass is 16.5. The smallest absolute Gasteiger partial charge is 0.267 e. The molecule has 0 aliphatic carbocycles. The fraction of sp³-hybridized carbons (Fsp3) is 0.250. The summed E-state index contributed by atoms with van der Waals surface area (Å²) >= 11 is 0. The van der Waals surface area contributed by atoms with Gasteiger partial charge in [0.1, 0.15) is 17.5 Å². The van der Waals surface area contributed by atoms with Crippen LogP contribution in [0.1, 0.15) is 26.8 Å². The summed E-state index contributed by atoms with van der Waals surface area (Å²) in [7, 11) is 1.47. The Kier molecular flexibility index (Phi) is 7.45. The molecule has 9 heteroatoms. The summed E-state index contributed by atoms with van der Waals surface area (Å²) in [4.78, 5) is 36.8. The molecule has 172 valence electrons. The summed E-state index contributed by atoms with van der Waals surface area (Å²) in [6.45, 7) is 5.44. The number of aromatic nitrogens is 2. The molecule has 0 radical (unpaired) electrons. The molecular formula is C24H26N4O5. The first-order chi connectivity index (χ1) is 15.8. The number of carbonyl (C=O) groups is 2. The Bertz CT molecular complexity index is 1200. The van der Waals surface area contributed by atoms with Crippen molar-refractivity contribution in [1.82, 2.24) is 9.78 Å². The third-order valence-electron chi connectivity index (χ3n) is 4.81. The molecule has 3 aromatic rings. The summed E-state index contributed by atoms with van der Waals surface area (Å²) in [5, 5.41) is 9.80. The van der Waals surface area contributed by atoms with Crippen LogP contribution in [-0.4, -0.2) is 35.3 Å². The molecule has 33 heavy (non-hydrogen) atoms. The highest BCUT2D eigenvalue weighted by Crippen LogP contribution is 2.28. The SMILES string of the molecule is CCOc1ccc(-c2ccc(=O)n(C(C)C(=O)Nc3cc(NC(C)=O)ccc3OC)n2)cc1. The van der Waals surface area contributed by atoms with Crippen molar-refractivity contribution in [3.05, 3.63) is 65.0 Å². The zero-order chi connectivity index (χ0) is 24.0. The van der Waals surface area contributed by atoms with E-state index in [2.05, 4.69) is 15.7 Å². The number of ether oxygens (including phenoxy) is 2. The van der Waals surface area contributed by atoms with Gasteiger partial charge < -0.3 is 20.1 Å². The predicted molar refractivity (Wildman–Crippen MR) is 126 cm³/mol. The van der Waals surface area contributed by atoms with E-state index in [0.29, 0.717) is 29.4 Å². The lowest BCUT2D eigenvalue weighted by Gasteiger charge is -2.17. The first kappa shape index (κ1) is 23.5.